The molecule has 1 aromatic carbocycles. The third kappa shape index (κ3) is 5.85. The molecule has 0 spiro atoms. The highest BCUT2D eigenvalue weighted by Crippen LogP contribution is 2.31. The Morgan fingerprint density at radius 2 is 1.86 bits per heavy atom. The maximum Gasteiger partial charge on any atom is 0.319 e. The molecule has 3 heterocycles. The van der Waals surface area contributed by atoms with E-state index in [9.17, 15) is 19.1 Å². The maximum absolute atomic E-state index is 12.7. The summed E-state index contributed by atoms with van der Waals surface area (Å²) in [6.07, 6.45) is 0.598. The Bertz CT molecular complexity index is 1070. The van der Waals surface area contributed by atoms with E-state index >= 15 is 0 Å². The van der Waals surface area contributed by atoms with E-state index in [-0.39, 0.29) is 12.5 Å². The number of rotatable bonds is 6. The van der Waals surface area contributed by atoms with Crippen LogP contribution in [0.15, 0.2) is 24.3 Å². The summed E-state index contributed by atoms with van der Waals surface area (Å²) in [7, 11) is 0. The first-order chi connectivity index (χ1) is 16.8. The molecule has 0 aliphatic carbocycles. The van der Waals surface area contributed by atoms with Crippen LogP contribution in [-0.4, -0.2) is 83.6 Å². The highest BCUT2D eigenvalue weighted by molar-refractivity contribution is 5.89. The van der Waals surface area contributed by atoms with Crippen LogP contribution in [0.3, 0.4) is 0 Å². The van der Waals surface area contributed by atoms with Gasteiger partial charge in [0.25, 0.3) is 5.91 Å². The van der Waals surface area contributed by atoms with E-state index in [1.165, 1.54) is 13.8 Å². The van der Waals surface area contributed by atoms with Crippen molar-refractivity contribution in [3.05, 3.63) is 35.5 Å². The molecule has 4 rings (SSSR count). The first-order valence-corrected chi connectivity index (χ1v) is 11.7. The van der Waals surface area contributed by atoms with Gasteiger partial charge >= 0.3 is 6.03 Å². The van der Waals surface area contributed by atoms with Gasteiger partial charge < -0.3 is 30.3 Å². The minimum absolute atomic E-state index is 0.0514. The number of fused-ring (bicyclic) bond motifs is 1. The standard InChI is InChI=1S/C24H31FN6O4/c1-24(2,34)22(32)31-10-7-18-19(15-31)28-20(29-21(18)30-11-13-35-14-12-30)16-3-5-17(6-4-16)27-23(33)26-9-8-25/h3-6,34H,7-15H2,1-2H3,(H2,26,27,33). The summed E-state index contributed by atoms with van der Waals surface area (Å²) in [5, 5.41) is 15.3. The quantitative estimate of drug-likeness (QED) is 0.569. The lowest BCUT2D eigenvalue weighted by Gasteiger charge is -2.35. The number of morpholine rings is 1. The number of amides is 3. The number of anilines is 2. The second-order valence-electron chi connectivity index (χ2n) is 9.08. The van der Waals surface area contributed by atoms with Crippen molar-refractivity contribution in [2.45, 2.75) is 32.4 Å². The first kappa shape index (κ1) is 24.8. The number of nitrogens with one attached hydrogen (secondary N) is 2. The smallest absolute Gasteiger partial charge is 0.319 e. The number of aliphatic hydroxyl groups is 1. The van der Waals surface area contributed by atoms with E-state index in [2.05, 4.69) is 15.5 Å². The summed E-state index contributed by atoms with van der Waals surface area (Å²) < 4.78 is 17.8. The summed E-state index contributed by atoms with van der Waals surface area (Å²) in [5.41, 5.74) is 1.62. The highest BCUT2D eigenvalue weighted by Gasteiger charge is 2.34. The lowest BCUT2D eigenvalue weighted by atomic mass is 10.0. The molecule has 35 heavy (non-hydrogen) atoms. The lowest BCUT2D eigenvalue weighted by molar-refractivity contribution is -0.148. The normalized spacial score (nSPS) is 16.0. The van der Waals surface area contributed by atoms with Crippen LogP contribution in [0.25, 0.3) is 11.4 Å². The summed E-state index contributed by atoms with van der Waals surface area (Å²) in [5.74, 6) is 1.02. The molecule has 11 heteroatoms. The van der Waals surface area contributed by atoms with Crippen LogP contribution in [-0.2, 0) is 22.5 Å². The number of carbonyl (C=O) groups is 2. The molecular weight excluding hydrogens is 455 g/mol. The van der Waals surface area contributed by atoms with Gasteiger partial charge in [-0.05, 0) is 44.5 Å². The molecular formula is C24H31FN6O4. The van der Waals surface area contributed by atoms with Gasteiger partial charge in [-0.1, -0.05) is 0 Å². The minimum atomic E-state index is -1.46. The molecule has 1 saturated heterocycles. The number of ether oxygens (including phenoxy) is 1. The topological polar surface area (TPSA) is 120 Å². The summed E-state index contributed by atoms with van der Waals surface area (Å²) in [6.45, 7) is 5.73. The molecule has 0 radical (unpaired) electrons. The largest absolute Gasteiger partial charge is 0.381 e. The van der Waals surface area contributed by atoms with Gasteiger partial charge in [0.15, 0.2) is 5.82 Å². The summed E-state index contributed by atoms with van der Waals surface area (Å²) in [6, 6.07) is 6.58. The van der Waals surface area contributed by atoms with Crippen molar-refractivity contribution < 1.29 is 23.8 Å². The fraction of sp³-hybridized carbons (Fsp3) is 0.500. The molecule has 1 aromatic heterocycles. The Labute approximate surface area is 203 Å². The van der Waals surface area contributed by atoms with E-state index in [1.807, 2.05) is 0 Å². The van der Waals surface area contributed by atoms with Gasteiger partial charge in [0.2, 0.25) is 0 Å². The van der Waals surface area contributed by atoms with Crippen LogP contribution < -0.4 is 15.5 Å². The zero-order chi connectivity index (χ0) is 25.0. The maximum atomic E-state index is 12.7. The molecule has 3 N–H and O–H groups in total. The van der Waals surface area contributed by atoms with Gasteiger partial charge in [-0.25, -0.2) is 19.2 Å². The Morgan fingerprint density at radius 3 is 2.51 bits per heavy atom. The predicted octanol–water partition coefficient (Wildman–Crippen LogP) is 1.73. The summed E-state index contributed by atoms with van der Waals surface area (Å²) >= 11 is 0. The van der Waals surface area contributed by atoms with Crippen molar-refractivity contribution in [3.63, 3.8) is 0 Å². The second kappa shape index (κ2) is 10.5. The van der Waals surface area contributed by atoms with Gasteiger partial charge in [-0.15, -0.1) is 0 Å². The molecule has 188 valence electrons. The summed E-state index contributed by atoms with van der Waals surface area (Å²) in [4.78, 5) is 38.0. The van der Waals surface area contributed by atoms with Crippen molar-refractivity contribution in [1.82, 2.24) is 20.2 Å². The van der Waals surface area contributed by atoms with E-state index in [1.54, 1.807) is 29.2 Å². The molecule has 0 saturated carbocycles. The third-order valence-corrected chi connectivity index (χ3v) is 5.95. The minimum Gasteiger partial charge on any atom is -0.381 e. The second-order valence-corrected chi connectivity index (χ2v) is 9.08. The molecule has 3 amide bonds. The fourth-order valence-corrected chi connectivity index (χ4v) is 4.18. The number of benzene rings is 1. The van der Waals surface area contributed by atoms with Crippen LogP contribution in [0.4, 0.5) is 20.7 Å². The number of urea groups is 1. The van der Waals surface area contributed by atoms with Gasteiger partial charge in [0, 0.05) is 43.0 Å². The first-order valence-electron chi connectivity index (χ1n) is 11.7. The van der Waals surface area contributed by atoms with E-state index in [0.717, 1.165) is 22.6 Å². The number of hydrogen-bond acceptors (Lipinski definition) is 7. The fourth-order valence-electron chi connectivity index (χ4n) is 4.18. The van der Waals surface area contributed by atoms with Crippen molar-refractivity contribution in [2.24, 2.45) is 0 Å². The lowest BCUT2D eigenvalue weighted by Crippen LogP contribution is -2.47. The van der Waals surface area contributed by atoms with Crippen LogP contribution >= 0.6 is 0 Å². The Morgan fingerprint density at radius 1 is 1.14 bits per heavy atom. The van der Waals surface area contributed by atoms with Crippen LogP contribution in [0.2, 0.25) is 0 Å². The zero-order valence-electron chi connectivity index (χ0n) is 20.0. The van der Waals surface area contributed by atoms with Crippen molar-refractivity contribution in [2.75, 3.05) is 56.3 Å². The zero-order valence-corrected chi connectivity index (χ0v) is 20.0. The number of nitrogens with zero attached hydrogens (tertiary/aromatic N) is 4. The number of aromatic nitrogens is 2. The monoisotopic (exact) mass is 486 g/mol. The highest BCUT2D eigenvalue weighted by atomic mass is 19.1. The molecule has 2 aliphatic rings. The van der Waals surface area contributed by atoms with Gasteiger partial charge in [0.05, 0.1) is 25.5 Å². The average molecular weight is 487 g/mol. The van der Waals surface area contributed by atoms with E-state index < -0.39 is 18.3 Å². The molecule has 0 unspecified atom stereocenters. The third-order valence-electron chi connectivity index (χ3n) is 5.95. The Balaban J connectivity index is 1.63. The molecule has 10 nitrogen and oxygen atoms in total. The molecule has 2 aromatic rings. The van der Waals surface area contributed by atoms with Gasteiger partial charge in [-0.2, -0.15) is 0 Å². The van der Waals surface area contributed by atoms with Gasteiger partial charge in [0.1, 0.15) is 18.1 Å². The van der Waals surface area contributed by atoms with E-state index in [4.69, 9.17) is 14.7 Å². The number of alkyl halides is 1. The van der Waals surface area contributed by atoms with Crippen LogP contribution in [0.1, 0.15) is 25.1 Å². The predicted molar refractivity (Wildman–Crippen MR) is 129 cm³/mol. The number of hydrogen-bond donors (Lipinski definition) is 3. The van der Waals surface area contributed by atoms with Crippen LogP contribution in [0.5, 0.6) is 0 Å². The van der Waals surface area contributed by atoms with Crippen LogP contribution in [0, 0.1) is 0 Å². The molecule has 0 atom stereocenters. The van der Waals surface area contributed by atoms with Crippen molar-refractivity contribution in [3.8, 4) is 11.4 Å². The molecule has 2 aliphatic heterocycles. The Hall–Kier alpha value is -3.31. The Kier molecular flexibility index (Phi) is 7.46. The number of carbonyl (C=O) groups excluding carboxylic acids is 2. The van der Waals surface area contributed by atoms with Crippen molar-refractivity contribution in [1.29, 1.82) is 0 Å². The van der Waals surface area contributed by atoms with E-state index in [0.29, 0.717) is 57.3 Å². The van der Waals surface area contributed by atoms with Crippen molar-refractivity contribution >= 4 is 23.4 Å². The molecule has 1 fully saturated rings. The van der Waals surface area contributed by atoms with Gasteiger partial charge in [-0.3, -0.25) is 4.79 Å². The average Bonchev–Trinajstić information content (AvgIpc) is 2.86. The molecule has 0 bridgehead atoms. The number of halogens is 1. The SMILES string of the molecule is CC(C)(O)C(=O)N1CCc2c(nc(-c3ccc(NC(=O)NCCF)cc3)nc2N2CCOCC2)C1.